The second-order valence-electron chi connectivity index (χ2n) is 4.60. The molecule has 1 aromatic rings. The van der Waals surface area contributed by atoms with Crippen molar-refractivity contribution in [3.8, 4) is 0 Å². The molecule has 0 aromatic heterocycles. The Labute approximate surface area is 106 Å². The second kappa shape index (κ2) is 5.18. The molecule has 1 fully saturated rings. The van der Waals surface area contributed by atoms with Crippen LogP contribution in [0.5, 0.6) is 0 Å². The van der Waals surface area contributed by atoms with Gasteiger partial charge in [0.25, 0.3) is 5.91 Å². The van der Waals surface area contributed by atoms with Gasteiger partial charge in [0.1, 0.15) is 0 Å². The van der Waals surface area contributed by atoms with Crippen LogP contribution in [0.15, 0.2) is 24.3 Å². The fourth-order valence-electron chi connectivity index (χ4n) is 1.93. The van der Waals surface area contributed by atoms with Gasteiger partial charge >= 0.3 is 0 Å². The molecule has 18 heavy (non-hydrogen) atoms. The molecule has 0 radical (unpaired) electrons. The fraction of sp³-hybridized carbons (Fsp3) is 0.385. The molecule has 0 saturated heterocycles. The Bertz CT molecular complexity index is 469. The molecular formula is C13H17N3O2. The Hall–Kier alpha value is -1.88. The molecule has 0 bridgehead atoms. The zero-order chi connectivity index (χ0) is 13.1. The zero-order valence-electron chi connectivity index (χ0n) is 10.1. The van der Waals surface area contributed by atoms with Crippen molar-refractivity contribution in [3.05, 3.63) is 35.4 Å². The van der Waals surface area contributed by atoms with Gasteiger partial charge in [-0.05, 0) is 37.0 Å². The molecule has 1 unspecified atom stereocenters. The van der Waals surface area contributed by atoms with Crippen molar-refractivity contribution in [3.63, 3.8) is 0 Å². The highest BCUT2D eigenvalue weighted by Crippen LogP contribution is 2.32. The van der Waals surface area contributed by atoms with Crippen LogP contribution in [0.25, 0.3) is 0 Å². The summed E-state index contributed by atoms with van der Waals surface area (Å²) in [7, 11) is 0. The number of nitrogens with two attached hydrogens (primary N) is 2. The molecular weight excluding hydrogens is 230 g/mol. The molecule has 1 aliphatic carbocycles. The van der Waals surface area contributed by atoms with Crippen LogP contribution in [0.2, 0.25) is 0 Å². The van der Waals surface area contributed by atoms with E-state index in [0.29, 0.717) is 23.6 Å². The van der Waals surface area contributed by atoms with E-state index in [9.17, 15) is 9.59 Å². The van der Waals surface area contributed by atoms with Crippen molar-refractivity contribution in [1.29, 1.82) is 0 Å². The number of hydrogen-bond acceptors (Lipinski definition) is 3. The van der Waals surface area contributed by atoms with Crippen LogP contribution in [-0.4, -0.2) is 24.4 Å². The van der Waals surface area contributed by atoms with Gasteiger partial charge in [0.2, 0.25) is 5.91 Å². The Balaban J connectivity index is 2.08. The van der Waals surface area contributed by atoms with E-state index in [4.69, 9.17) is 11.5 Å². The first-order valence-corrected chi connectivity index (χ1v) is 6.02. The summed E-state index contributed by atoms with van der Waals surface area (Å²) in [4.78, 5) is 23.0. The molecule has 1 aromatic carbocycles. The topological polar surface area (TPSA) is 98.2 Å². The monoisotopic (exact) mass is 247 g/mol. The summed E-state index contributed by atoms with van der Waals surface area (Å²) in [6, 6.07) is 6.40. The van der Waals surface area contributed by atoms with Crippen molar-refractivity contribution in [2.45, 2.75) is 18.9 Å². The van der Waals surface area contributed by atoms with Crippen molar-refractivity contribution < 1.29 is 9.59 Å². The van der Waals surface area contributed by atoms with Gasteiger partial charge in [0, 0.05) is 23.7 Å². The highest BCUT2D eigenvalue weighted by atomic mass is 16.2. The van der Waals surface area contributed by atoms with E-state index < -0.39 is 5.91 Å². The smallest absolute Gasteiger partial charge is 0.251 e. The number of carbonyl (C=O) groups is 2. The predicted molar refractivity (Wildman–Crippen MR) is 68.0 cm³/mol. The van der Waals surface area contributed by atoms with E-state index in [1.807, 2.05) is 0 Å². The van der Waals surface area contributed by atoms with Crippen LogP contribution in [-0.2, 0) is 0 Å². The Morgan fingerprint density at radius 2 is 2.00 bits per heavy atom. The summed E-state index contributed by atoms with van der Waals surface area (Å²) in [5, 5.41) is 2.90. The molecule has 5 N–H and O–H groups in total. The van der Waals surface area contributed by atoms with E-state index in [0.717, 1.165) is 12.8 Å². The Morgan fingerprint density at radius 1 is 1.33 bits per heavy atom. The van der Waals surface area contributed by atoms with Gasteiger partial charge in [-0.15, -0.1) is 0 Å². The van der Waals surface area contributed by atoms with Crippen molar-refractivity contribution in [2.75, 3.05) is 6.54 Å². The van der Waals surface area contributed by atoms with E-state index in [1.165, 1.54) is 6.07 Å². The highest BCUT2D eigenvalue weighted by molar-refractivity contribution is 5.99. The van der Waals surface area contributed by atoms with Crippen LogP contribution >= 0.6 is 0 Å². The van der Waals surface area contributed by atoms with Gasteiger partial charge < -0.3 is 16.8 Å². The van der Waals surface area contributed by atoms with Crippen LogP contribution in [0.3, 0.4) is 0 Å². The number of carbonyl (C=O) groups excluding carboxylic acids is 2. The lowest BCUT2D eigenvalue weighted by Crippen LogP contribution is -2.41. The third-order valence-electron chi connectivity index (χ3n) is 3.17. The minimum atomic E-state index is -0.540. The normalized spacial score (nSPS) is 16.1. The van der Waals surface area contributed by atoms with Crippen molar-refractivity contribution >= 4 is 11.8 Å². The maximum Gasteiger partial charge on any atom is 0.251 e. The Morgan fingerprint density at radius 3 is 2.56 bits per heavy atom. The van der Waals surface area contributed by atoms with Gasteiger partial charge in [-0.1, -0.05) is 6.07 Å². The number of benzene rings is 1. The van der Waals surface area contributed by atoms with Crippen LogP contribution in [0.4, 0.5) is 0 Å². The van der Waals surface area contributed by atoms with Gasteiger partial charge in [0.05, 0.1) is 0 Å². The van der Waals surface area contributed by atoms with Gasteiger partial charge in [0.15, 0.2) is 0 Å². The summed E-state index contributed by atoms with van der Waals surface area (Å²) in [5.41, 5.74) is 11.6. The molecule has 5 nitrogen and oxygen atoms in total. The first-order valence-electron chi connectivity index (χ1n) is 6.02. The third-order valence-corrected chi connectivity index (χ3v) is 3.17. The molecule has 1 atom stereocenters. The van der Waals surface area contributed by atoms with Crippen molar-refractivity contribution in [2.24, 2.45) is 17.4 Å². The van der Waals surface area contributed by atoms with E-state index in [1.54, 1.807) is 18.2 Å². The number of amides is 2. The molecule has 0 spiro atoms. The zero-order valence-corrected chi connectivity index (χ0v) is 10.1. The lowest BCUT2D eigenvalue weighted by Gasteiger charge is -2.16. The lowest BCUT2D eigenvalue weighted by atomic mass is 10.1. The molecule has 2 rings (SSSR count). The number of primary amides is 1. The lowest BCUT2D eigenvalue weighted by molar-refractivity contribution is 0.0933. The molecule has 96 valence electrons. The van der Waals surface area contributed by atoms with Crippen molar-refractivity contribution in [1.82, 2.24) is 5.32 Å². The first kappa shape index (κ1) is 12.6. The van der Waals surface area contributed by atoms with E-state index >= 15 is 0 Å². The summed E-state index contributed by atoms with van der Waals surface area (Å²) < 4.78 is 0. The quantitative estimate of drug-likeness (QED) is 0.695. The SMILES string of the molecule is NCC(NC(=O)c1cccc(C(N)=O)c1)C1CC1. The van der Waals surface area contributed by atoms with Crippen LogP contribution in [0, 0.1) is 5.92 Å². The molecule has 1 saturated carbocycles. The van der Waals surface area contributed by atoms with E-state index in [-0.39, 0.29) is 11.9 Å². The van der Waals surface area contributed by atoms with Gasteiger partial charge in [-0.3, -0.25) is 9.59 Å². The minimum Gasteiger partial charge on any atom is -0.366 e. The fourth-order valence-corrected chi connectivity index (χ4v) is 1.93. The molecule has 2 amide bonds. The average molecular weight is 247 g/mol. The van der Waals surface area contributed by atoms with E-state index in [2.05, 4.69) is 5.32 Å². The number of rotatable bonds is 5. The number of nitrogens with one attached hydrogen (secondary N) is 1. The number of hydrogen-bond donors (Lipinski definition) is 3. The second-order valence-corrected chi connectivity index (χ2v) is 4.60. The molecule has 0 aliphatic heterocycles. The maximum absolute atomic E-state index is 12.0. The average Bonchev–Trinajstić information content (AvgIpc) is 3.20. The van der Waals surface area contributed by atoms with Gasteiger partial charge in [-0.25, -0.2) is 0 Å². The highest BCUT2D eigenvalue weighted by Gasteiger charge is 2.31. The Kier molecular flexibility index (Phi) is 3.62. The molecule has 0 heterocycles. The first-order chi connectivity index (χ1) is 8.61. The van der Waals surface area contributed by atoms with Crippen LogP contribution < -0.4 is 16.8 Å². The minimum absolute atomic E-state index is 0.0229. The summed E-state index contributed by atoms with van der Waals surface area (Å²) >= 11 is 0. The summed E-state index contributed by atoms with van der Waals surface area (Å²) in [6.07, 6.45) is 2.23. The summed E-state index contributed by atoms with van der Waals surface area (Å²) in [5.74, 6) is -0.249. The largest absolute Gasteiger partial charge is 0.366 e. The molecule has 5 heteroatoms. The summed E-state index contributed by atoms with van der Waals surface area (Å²) in [6.45, 7) is 0.436. The van der Waals surface area contributed by atoms with Gasteiger partial charge in [-0.2, -0.15) is 0 Å². The molecule has 1 aliphatic rings. The third kappa shape index (κ3) is 2.87. The standard InChI is InChI=1S/C13H17N3O2/c14-7-11(8-4-5-8)16-13(18)10-3-1-2-9(6-10)12(15)17/h1-3,6,8,11H,4-5,7,14H2,(H2,15,17)(H,16,18). The maximum atomic E-state index is 12.0. The predicted octanol–water partition coefficient (Wildman–Crippen LogP) is 0.253. The van der Waals surface area contributed by atoms with Crippen LogP contribution in [0.1, 0.15) is 33.6 Å².